The molecule has 0 saturated heterocycles. The highest BCUT2D eigenvalue weighted by atomic mass is 16.2. The largest absolute Gasteiger partial charge is 0.326 e. The zero-order valence-electron chi connectivity index (χ0n) is 14.0. The van der Waals surface area contributed by atoms with E-state index in [9.17, 15) is 9.59 Å². The molecule has 126 valence electrons. The van der Waals surface area contributed by atoms with Crippen LogP contribution in [-0.4, -0.2) is 11.8 Å². The Balaban J connectivity index is 1.36. The lowest BCUT2D eigenvalue weighted by atomic mass is 10.0. The minimum absolute atomic E-state index is 0.139. The highest BCUT2D eigenvalue weighted by Gasteiger charge is 2.31. The maximum absolute atomic E-state index is 11.9. The summed E-state index contributed by atoms with van der Waals surface area (Å²) >= 11 is 0. The summed E-state index contributed by atoms with van der Waals surface area (Å²) in [5.74, 6) is 0.701. The van der Waals surface area contributed by atoms with Gasteiger partial charge < -0.3 is 10.6 Å². The summed E-state index contributed by atoms with van der Waals surface area (Å²) in [4.78, 5) is 23.9. The summed E-state index contributed by atoms with van der Waals surface area (Å²) in [5, 5.41) is 6.04. The van der Waals surface area contributed by atoms with Crippen LogP contribution in [0.1, 0.15) is 36.8 Å². The molecule has 2 saturated carbocycles. The monoisotopic (exact) mass is 332 g/mol. The third kappa shape index (κ3) is 2.82. The zero-order valence-corrected chi connectivity index (χ0v) is 14.0. The van der Waals surface area contributed by atoms with Gasteiger partial charge in [0.2, 0.25) is 11.8 Å². The van der Waals surface area contributed by atoms with Crippen molar-refractivity contribution >= 4 is 23.2 Å². The number of hydrogen-bond acceptors (Lipinski definition) is 2. The molecule has 25 heavy (non-hydrogen) atoms. The van der Waals surface area contributed by atoms with E-state index in [0.29, 0.717) is 0 Å². The maximum Gasteiger partial charge on any atom is 0.227 e. The molecular weight excluding hydrogens is 312 g/mol. The van der Waals surface area contributed by atoms with Crippen LogP contribution in [-0.2, 0) is 16.0 Å². The SMILES string of the molecule is O=C(Nc1ccc2c(c1)Cc1cc(NC(=O)C3CC3)ccc1-2)C1CC1. The zero-order chi connectivity index (χ0) is 17.0. The van der Waals surface area contributed by atoms with E-state index in [2.05, 4.69) is 34.9 Å². The van der Waals surface area contributed by atoms with Crippen LogP contribution in [0.25, 0.3) is 11.1 Å². The summed E-state index contributed by atoms with van der Waals surface area (Å²) in [6, 6.07) is 12.3. The van der Waals surface area contributed by atoms with E-state index in [1.165, 1.54) is 22.3 Å². The quantitative estimate of drug-likeness (QED) is 0.760. The van der Waals surface area contributed by atoms with Crippen molar-refractivity contribution in [2.75, 3.05) is 10.6 Å². The van der Waals surface area contributed by atoms with Crippen molar-refractivity contribution in [2.45, 2.75) is 32.1 Å². The molecule has 4 heteroatoms. The molecule has 0 aromatic heterocycles. The van der Waals surface area contributed by atoms with Crippen molar-refractivity contribution in [3.05, 3.63) is 47.5 Å². The molecule has 0 spiro atoms. The first kappa shape index (κ1) is 14.7. The molecule has 2 amide bonds. The molecule has 3 aliphatic carbocycles. The van der Waals surface area contributed by atoms with Crippen molar-refractivity contribution < 1.29 is 9.59 Å². The van der Waals surface area contributed by atoms with Gasteiger partial charge in [-0.3, -0.25) is 9.59 Å². The maximum atomic E-state index is 11.9. The lowest BCUT2D eigenvalue weighted by Gasteiger charge is -2.08. The Kier molecular flexibility index (Phi) is 3.20. The predicted octanol–water partition coefficient (Wildman–Crippen LogP) is 3.95. The van der Waals surface area contributed by atoms with Gasteiger partial charge in [-0.25, -0.2) is 0 Å². The van der Waals surface area contributed by atoms with E-state index in [1.54, 1.807) is 0 Å². The second-order valence-corrected chi connectivity index (χ2v) is 7.45. The Morgan fingerprint density at radius 2 is 1.16 bits per heavy atom. The topological polar surface area (TPSA) is 58.2 Å². The smallest absolute Gasteiger partial charge is 0.227 e. The summed E-state index contributed by atoms with van der Waals surface area (Å²) in [6.07, 6.45) is 4.88. The summed E-state index contributed by atoms with van der Waals surface area (Å²) in [5.41, 5.74) is 6.67. The minimum atomic E-state index is 0.139. The highest BCUT2D eigenvalue weighted by molar-refractivity contribution is 5.96. The van der Waals surface area contributed by atoms with Crippen molar-refractivity contribution in [3.63, 3.8) is 0 Å². The lowest BCUT2D eigenvalue weighted by molar-refractivity contribution is -0.118. The molecule has 3 aliphatic rings. The van der Waals surface area contributed by atoms with E-state index in [4.69, 9.17) is 0 Å². The second-order valence-electron chi connectivity index (χ2n) is 7.45. The molecule has 2 aromatic carbocycles. The summed E-state index contributed by atoms with van der Waals surface area (Å²) in [7, 11) is 0. The number of hydrogen-bond donors (Lipinski definition) is 2. The number of benzene rings is 2. The number of anilines is 2. The van der Waals surface area contributed by atoms with E-state index < -0.39 is 0 Å². The normalized spacial score (nSPS) is 17.6. The van der Waals surface area contributed by atoms with Gasteiger partial charge in [-0.15, -0.1) is 0 Å². The highest BCUT2D eigenvalue weighted by Crippen LogP contribution is 2.40. The molecule has 2 aromatic rings. The lowest BCUT2D eigenvalue weighted by Crippen LogP contribution is -2.13. The second kappa shape index (κ2) is 5.45. The van der Waals surface area contributed by atoms with Crippen LogP contribution in [0.5, 0.6) is 0 Å². The van der Waals surface area contributed by atoms with Crippen LogP contribution in [0.15, 0.2) is 36.4 Å². The number of rotatable bonds is 4. The van der Waals surface area contributed by atoms with Gasteiger partial charge in [0.05, 0.1) is 0 Å². The molecule has 0 atom stereocenters. The Bertz CT molecular complexity index is 821. The molecule has 0 bridgehead atoms. The first-order valence-electron chi connectivity index (χ1n) is 9.05. The molecule has 0 radical (unpaired) electrons. The third-order valence-electron chi connectivity index (χ3n) is 5.31. The first-order chi connectivity index (χ1) is 12.2. The molecule has 4 nitrogen and oxygen atoms in total. The number of carbonyl (C=O) groups excluding carboxylic acids is 2. The van der Waals surface area contributed by atoms with Crippen molar-refractivity contribution in [2.24, 2.45) is 11.8 Å². The average Bonchev–Trinajstić information content (AvgIpc) is 3.48. The standard InChI is InChI=1S/C21H20N2O2/c24-20(12-1-2-12)22-16-5-7-18-14(10-16)9-15-11-17(6-8-19(15)18)23-21(25)13-3-4-13/h5-8,10-13H,1-4,9H2,(H,22,24)(H,23,25). The fraction of sp³-hybridized carbons (Fsp3) is 0.333. The minimum Gasteiger partial charge on any atom is -0.326 e. The van der Waals surface area contributed by atoms with Crippen molar-refractivity contribution in [3.8, 4) is 11.1 Å². The molecule has 0 heterocycles. The van der Waals surface area contributed by atoms with E-state index in [0.717, 1.165) is 43.5 Å². The van der Waals surface area contributed by atoms with Gasteiger partial charge in [-0.2, -0.15) is 0 Å². The Morgan fingerprint density at radius 3 is 1.56 bits per heavy atom. The van der Waals surface area contributed by atoms with Gasteiger partial charge in [0.1, 0.15) is 0 Å². The van der Waals surface area contributed by atoms with Gasteiger partial charge in [-0.05, 0) is 78.6 Å². The Labute approximate surface area is 146 Å². The summed E-state index contributed by atoms with van der Waals surface area (Å²) in [6.45, 7) is 0. The van der Waals surface area contributed by atoms with Gasteiger partial charge in [0, 0.05) is 23.2 Å². The molecule has 5 rings (SSSR count). The van der Waals surface area contributed by atoms with Crippen LogP contribution in [0, 0.1) is 11.8 Å². The van der Waals surface area contributed by atoms with Gasteiger partial charge in [0.15, 0.2) is 0 Å². The van der Waals surface area contributed by atoms with Gasteiger partial charge in [0.25, 0.3) is 0 Å². The predicted molar refractivity (Wildman–Crippen MR) is 97.4 cm³/mol. The Hall–Kier alpha value is -2.62. The number of carbonyl (C=O) groups is 2. The van der Waals surface area contributed by atoms with Crippen LogP contribution >= 0.6 is 0 Å². The third-order valence-corrected chi connectivity index (χ3v) is 5.31. The molecule has 2 N–H and O–H groups in total. The van der Waals surface area contributed by atoms with Gasteiger partial charge >= 0.3 is 0 Å². The molecular formula is C21H20N2O2. The molecule has 2 fully saturated rings. The summed E-state index contributed by atoms with van der Waals surface area (Å²) < 4.78 is 0. The average molecular weight is 332 g/mol. The van der Waals surface area contributed by atoms with Crippen LogP contribution in [0.4, 0.5) is 11.4 Å². The van der Waals surface area contributed by atoms with Gasteiger partial charge in [-0.1, -0.05) is 12.1 Å². The first-order valence-corrected chi connectivity index (χ1v) is 9.05. The van der Waals surface area contributed by atoms with Crippen molar-refractivity contribution in [1.82, 2.24) is 0 Å². The fourth-order valence-electron chi connectivity index (χ4n) is 3.55. The number of amides is 2. The van der Waals surface area contributed by atoms with Crippen molar-refractivity contribution in [1.29, 1.82) is 0 Å². The van der Waals surface area contributed by atoms with Crippen LogP contribution < -0.4 is 10.6 Å². The van der Waals surface area contributed by atoms with Crippen LogP contribution in [0.2, 0.25) is 0 Å². The van der Waals surface area contributed by atoms with E-state index in [-0.39, 0.29) is 23.7 Å². The fourth-order valence-corrected chi connectivity index (χ4v) is 3.55. The molecule has 0 aliphatic heterocycles. The van der Waals surface area contributed by atoms with Crippen LogP contribution in [0.3, 0.4) is 0 Å². The molecule has 0 unspecified atom stereocenters. The number of nitrogens with one attached hydrogen (secondary N) is 2. The van der Waals surface area contributed by atoms with E-state index >= 15 is 0 Å². The number of fused-ring (bicyclic) bond motifs is 3. The Morgan fingerprint density at radius 1 is 0.720 bits per heavy atom. The van der Waals surface area contributed by atoms with E-state index in [1.807, 2.05) is 12.1 Å².